The largest absolute Gasteiger partial charge is 0.492 e. The minimum atomic E-state index is -1.12. The molecule has 0 aliphatic carbocycles. The second kappa shape index (κ2) is 9.83. The lowest BCUT2D eigenvalue weighted by atomic mass is 10.0. The fourth-order valence-electron chi connectivity index (χ4n) is 4.23. The van der Waals surface area contributed by atoms with E-state index in [1.165, 1.54) is 4.68 Å². The predicted molar refractivity (Wildman–Crippen MR) is 132 cm³/mol. The summed E-state index contributed by atoms with van der Waals surface area (Å²) < 4.78 is 7.30. The minimum absolute atomic E-state index is 0.120. The number of benzene rings is 2. The van der Waals surface area contributed by atoms with Gasteiger partial charge in [0.05, 0.1) is 17.9 Å². The van der Waals surface area contributed by atoms with Crippen LogP contribution in [0.15, 0.2) is 79.1 Å². The molecule has 0 radical (unpaired) electrons. The fourth-order valence-corrected chi connectivity index (χ4v) is 4.23. The number of hydrogen-bond acceptors (Lipinski definition) is 6. The summed E-state index contributed by atoms with van der Waals surface area (Å²) in [6, 6.07) is 18.9. The summed E-state index contributed by atoms with van der Waals surface area (Å²) in [4.78, 5) is 41.8. The van der Waals surface area contributed by atoms with Crippen molar-refractivity contribution in [2.75, 3.05) is 6.61 Å². The molecule has 1 aliphatic rings. The highest BCUT2D eigenvalue weighted by atomic mass is 16.5. The van der Waals surface area contributed by atoms with Crippen molar-refractivity contribution in [3.63, 3.8) is 0 Å². The number of nitrogens with one attached hydrogen (secondary N) is 1. The zero-order valence-corrected chi connectivity index (χ0v) is 19.3. The van der Waals surface area contributed by atoms with E-state index in [0.717, 1.165) is 28.9 Å². The van der Waals surface area contributed by atoms with Gasteiger partial charge >= 0.3 is 0 Å². The summed E-state index contributed by atoms with van der Waals surface area (Å²) in [5.41, 5.74) is 8.88. The van der Waals surface area contributed by atoms with E-state index < -0.39 is 23.6 Å². The maximum absolute atomic E-state index is 13.3. The van der Waals surface area contributed by atoms with E-state index in [4.69, 9.17) is 10.5 Å². The van der Waals surface area contributed by atoms with Crippen LogP contribution in [0.2, 0.25) is 0 Å². The Bertz CT molecular complexity index is 1450. The Morgan fingerprint density at radius 2 is 1.86 bits per heavy atom. The summed E-state index contributed by atoms with van der Waals surface area (Å²) >= 11 is 0. The molecule has 1 aliphatic heterocycles. The van der Waals surface area contributed by atoms with Crippen LogP contribution in [-0.2, 0) is 22.4 Å². The maximum atomic E-state index is 13.3. The highest BCUT2D eigenvalue weighted by Gasteiger charge is 2.27. The lowest BCUT2D eigenvalue weighted by Gasteiger charge is -2.17. The Hall–Kier alpha value is -4.79. The number of primary amides is 1. The van der Waals surface area contributed by atoms with E-state index in [9.17, 15) is 14.4 Å². The van der Waals surface area contributed by atoms with E-state index in [0.29, 0.717) is 12.3 Å². The van der Waals surface area contributed by atoms with Gasteiger partial charge in [-0.15, -0.1) is 0 Å². The minimum Gasteiger partial charge on any atom is -0.492 e. The van der Waals surface area contributed by atoms with Crippen LogP contribution in [0, 0.1) is 0 Å². The number of fused-ring (bicyclic) bond motifs is 1. The Morgan fingerprint density at radius 1 is 1.03 bits per heavy atom. The number of rotatable bonds is 8. The fraction of sp³-hybridized carbons (Fsp3) is 0.148. The smallest absolute Gasteiger partial charge is 0.287 e. The third-order valence-corrected chi connectivity index (χ3v) is 5.98. The molecule has 1 unspecified atom stereocenters. The number of carbonyl (C=O) groups excluding carboxylic acids is 3. The number of nitrogens with zero attached hydrogens (tertiary/aromatic N) is 3. The number of ketones is 1. The molecule has 0 bridgehead atoms. The molecule has 36 heavy (non-hydrogen) atoms. The number of aromatic nitrogens is 3. The van der Waals surface area contributed by atoms with Crippen LogP contribution in [0.25, 0.3) is 17.1 Å². The predicted octanol–water partition coefficient (Wildman–Crippen LogP) is 2.26. The molecule has 0 fully saturated rings. The van der Waals surface area contributed by atoms with Crippen LogP contribution in [0.1, 0.15) is 21.5 Å². The molecule has 9 nitrogen and oxygen atoms in total. The van der Waals surface area contributed by atoms with Crippen molar-refractivity contribution < 1.29 is 19.1 Å². The second-order valence-corrected chi connectivity index (χ2v) is 8.36. The van der Waals surface area contributed by atoms with E-state index in [1.807, 2.05) is 42.5 Å². The van der Waals surface area contributed by atoms with Crippen molar-refractivity contribution >= 4 is 17.6 Å². The van der Waals surface area contributed by atoms with Crippen molar-refractivity contribution in [2.45, 2.75) is 18.9 Å². The Morgan fingerprint density at radius 3 is 2.67 bits per heavy atom. The van der Waals surface area contributed by atoms with Gasteiger partial charge in [-0.1, -0.05) is 42.5 Å². The van der Waals surface area contributed by atoms with Gasteiger partial charge in [0.25, 0.3) is 11.8 Å². The molecule has 1 atom stereocenters. The number of nitrogens with two attached hydrogens (primary N) is 1. The summed E-state index contributed by atoms with van der Waals surface area (Å²) in [6.45, 7) is 0.631. The molecule has 0 saturated carbocycles. The number of pyridine rings is 1. The first-order chi connectivity index (χ1) is 17.5. The van der Waals surface area contributed by atoms with Gasteiger partial charge in [0.15, 0.2) is 5.82 Å². The van der Waals surface area contributed by atoms with Crippen LogP contribution in [0.4, 0.5) is 0 Å². The van der Waals surface area contributed by atoms with E-state index in [-0.39, 0.29) is 17.8 Å². The molecule has 9 heteroatoms. The molecule has 0 spiro atoms. The molecule has 2 aromatic heterocycles. The average Bonchev–Trinajstić information content (AvgIpc) is 3.58. The van der Waals surface area contributed by atoms with Crippen molar-refractivity contribution in [1.29, 1.82) is 0 Å². The van der Waals surface area contributed by atoms with Crippen molar-refractivity contribution in [2.24, 2.45) is 5.73 Å². The summed E-state index contributed by atoms with van der Waals surface area (Å²) in [5.74, 6) is -1.47. The van der Waals surface area contributed by atoms with E-state index in [1.54, 1.807) is 36.7 Å². The molecule has 5 rings (SSSR count). The normalized spacial score (nSPS) is 12.9. The van der Waals surface area contributed by atoms with Crippen molar-refractivity contribution in [1.82, 2.24) is 20.1 Å². The van der Waals surface area contributed by atoms with Crippen LogP contribution in [-0.4, -0.2) is 45.0 Å². The number of carbonyl (C=O) groups is 3. The number of ether oxygens (including phenoxy) is 1. The van der Waals surface area contributed by atoms with Gasteiger partial charge in [0.1, 0.15) is 11.8 Å². The molecule has 2 amide bonds. The number of amides is 2. The molecule has 3 heterocycles. The summed E-state index contributed by atoms with van der Waals surface area (Å²) in [6.07, 6.45) is 4.23. The third-order valence-electron chi connectivity index (χ3n) is 5.98. The lowest BCUT2D eigenvalue weighted by Crippen LogP contribution is -2.47. The zero-order valence-electron chi connectivity index (χ0n) is 19.3. The molecular weight excluding hydrogens is 458 g/mol. The van der Waals surface area contributed by atoms with Gasteiger partial charge in [-0.25, -0.2) is 9.67 Å². The zero-order chi connectivity index (χ0) is 25.1. The summed E-state index contributed by atoms with van der Waals surface area (Å²) in [7, 11) is 0. The summed E-state index contributed by atoms with van der Waals surface area (Å²) in [5, 5.41) is 7.29. The molecule has 0 saturated heterocycles. The number of Topliss-reactive ketones (excluding diaryl/α,β-unsaturated/α-hetero) is 1. The molecule has 4 aromatic rings. The van der Waals surface area contributed by atoms with Gasteiger partial charge in [-0.05, 0) is 35.4 Å². The van der Waals surface area contributed by atoms with Gasteiger partial charge in [-0.2, -0.15) is 5.10 Å². The Kier molecular flexibility index (Phi) is 6.27. The Balaban J connectivity index is 1.43. The van der Waals surface area contributed by atoms with Crippen molar-refractivity contribution in [3.8, 4) is 22.8 Å². The number of hydrogen-bond donors (Lipinski definition) is 2. The first-order valence-electron chi connectivity index (χ1n) is 11.5. The molecule has 3 N–H and O–H groups in total. The molecular formula is C27H23N5O4. The van der Waals surface area contributed by atoms with Crippen molar-refractivity contribution in [3.05, 3.63) is 95.8 Å². The van der Waals surface area contributed by atoms with Crippen LogP contribution in [0.5, 0.6) is 5.75 Å². The monoisotopic (exact) mass is 481 g/mol. The van der Waals surface area contributed by atoms with Crippen LogP contribution < -0.4 is 15.8 Å². The van der Waals surface area contributed by atoms with E-state index in [2.05, 4.69) is 15.4 Å². The SMILES string of the molecule is NC(=O)C(=O)C(Cc1ccccc1)NC(=O)c1cccnc1-n1ccc(-c2cccc3c2OCC3)n1. The van der Waals surface area contributed by atoms with Crippen LogP contribution >= 0.6 is 0 Å². The first-order valence-corrected chi connectivity index (χ1v) is 11.5. The second-order valence-electron chi connectivity index (χ2n) is 8.36. The molecule has 180 valence electrons. The van der Waals surface area contributed by atoms with Gasteiger partial charge in [-0.3, -0.25) is 14.4 Å². The topological polar surface area (TPSA) is 129 Å². The lowest BCUT2D eigenvalue weighted by molar-refractivity contribution is -0.137. The highest BCUT2D eigenvalue weighted by Crippen LogP contribution is 2.36. The number of para-hydroxylation sites is 1. The Labute approximate surface area is 206 Å². The third kappa shape index (κ3) is 4.58. The van der Waals surface area contributed by atoms with E-state index >= 15 is 0 Å². The average molecular weight is 482 g/mol. The maximum Gasteiger partial charge on any atom is 0.287 e. The van der Waals surface area contributed by atoms with Crippen LogP contribution in [0.3, 0.4) is 0 Å². The van der Waals surface area contributed by atoms with Gasteiger partial charge < -0.3 is 15.8 Å². The first kappa shape index (κ1) is 23.0. The highest BCUT2D eigenvalue weighted by molar-refractivity contribution is 6.38. The standard InChI is InChI=1S/C27H23N5O4/c28-25(34)23(33)22(16-17-6-2-1-3-7-17)30-27(35)20-10-5-13-29-26(20)32-14-11-21(31-32)19-9-4-8-18-12-15-36-24(18)19/h1-11,13-14,22H,12,15-16H2,(H2,28,34)(H,30,35). The van der Waals surface area contributed by atoms with Gasteiger partial charge in [0, 0.05) is 30.8 Å². The van der Waals surface area contributed by atoms with Gasteiger partial charge in [0.2, 0.25) is 5.78 Å². The molecule has 2 aromatic carbocycles. The quantitative estimate of drug-likeness (QED) is 0.372.